The van der Waals surface area contributed by atoms with Crippen LogP contribution >= 0.6 is 0 Å². The molecule has 0 amide bonds. The number of rotatable bonds is 3. The highest BCUT2D eigenvalue weighted by atomic mass is 16.1. The maximum absolute atomic E-state index is 11.5. The van der Waals surface area contributed by atoms with E-state index in [4.69, 9.17) is 0 Å². The minimum absolute atomic E-state index is 0.0511. The fraction of sp³-hybridized carbons (Fsp3) is 0.667. The molecule has 1 N–H and O–H groups in total. The van der Waals surface area contributed by atoms with Gasteiger partial charge in [-0.15, -0.1) is 0 Å². The third-order valence-corrected chi connectivity index (χ3v) is 3.26. The molecule has 5 nitrogen and oxygen atoms in total. The normalized spacial score (nSPS) is 17.4. The van der Waals surface area contributed by atoms with Crippen molar-refractivity contribution in [1.29, 1.82) is 0 Å². The van der Waals surface area contributed by atoms with E-state index < -0.39 is 0 Å². The Morgan fingerprint density at radius 2 is 2.00 bits per heavy atom. The van der Waals surface area contributed by atoms with Crippen molar-refractivity contribution in [2.75, 3.05) is 37.6 Å². The standard InChI is InChI=1S/C12H20N4O/c1-3-10-9-11(17)14-12(13-10)16-7-5-15(4-2)6-8-16/h9H,3-8H2,1-2H3,(H,13,14,17). The lowest BCUT2D eigenvalue weighted by Gasteiger charge is -2.34. The first-order chi connectivity index (χ1) is 8.22. The second-order valence-electron chi connectivity index (χ2n) is 4.34. The summed E-state index contributed by atoms with van der Waals surface area (Å²) in [7, 11) is 0. The number of aromatic nitrogens is 2. The van der Waals surface area contributed by atoms with E-state index in [1.807, 2.05) is 6.92 Å². The van der Waals surface area contributed by atoms with Gasteiger partial charge in [0.05, 0.1) is 0 Å². The summed E-state index contributed by atoms with van der Waals surface area (Å²) in [6, 6.07) is 1.58. The molecule has 1 aliphatic heterocycles. The molecule has 0 spiro atoms. The van der Waals surface area contributed by atoms with E-state index >= 15 is 0 Å². The number of H-pyrrole nitrogens is 1. The van der Waals surface area contributed by atoms with E-state index in [0.717, 1.165) is 50.8 Å². The number of aromatic amines is 1. The monoisotopic (exact) mass is 236 g/mol. The van der Waals surface area contributed by atoms with Gasteiger partial charge in [-0.25, -0.2) is 4.98 Å². The Labute approximate surface area is 101 Å². The van der Waals surface area contributed by atoms with Crippen molar-refractivity contribution < 1.29 is 0 Å². The molecule has 0 atom stereocenters. The quantitative estimate of drug-likeness (QED) is 0.829. The summed E-state index contributed by atoms with van der Waals surface area (Å²) in [6.45, 7) is 9.22. The van der Waals surface area contributed by atoms with Gasteiger partial charge in [0.2, 0.25) is 5.95 Å². The molecule has 5 heteroatoms. The van der Waals surface area contributed by atoms with Crippen molar-refractivity contribution in [3.63, 3.8) is 0 Å². The molecule has 1 aliphatic rings. The second kappa shape index (κ2) is 5.31. The minimum Gasteiger partial charge on any atom is -0.340 e. The van der Waals surface area contributed by atoms with Gasteiger partial charge in [0.15, 0.2) is 0 Å². The summed E-state index contributed by atoms with van der Waals surface area (Å²) in [6.07, 6.45) is 0.797. The van der Waals surface area contributed by atoms with Crippen LogP contribution < -0.4 is 10.5 Å². The smallest absolute Gasteiger partial charge is 0.252 e. The maximum Gasteiger partial charge on any atom is 0.252 e. The predicted molar refractivity (Wildman–Crippen MR) is 68.6 cm³/mol. The number of hydrogen-bond acceptors (Lipinski definition) is 4. The molecule has 0 radical (unpaired) electrons. The van der Waals surface area contributed by atoms with Crippen LogP contribution in [0.15, 0.2) is 10.9 Å². The first-order valence-corrected chi connectivity index (χ1v) is 6.30. The average Bonchev–Trinajstić information content (AvgIpc) is 2.38. The molecule has 0 bridgehead atoms. The number of anilines is 1. The van der Waals surface area contributed by atoms with Crippen LogP contribution in [0.1, 0.15) is 19.5 Å². The molecule has 0 saturated carbocycles. The zero-order valence-electron chi connectivity index (χ0n) is 10.6. The van der Waals surface area contributed by atoms with Crippen molar-refractivity contribution >= 4 is 5.95 Å². The van der Waals surface area contributed by atoms with Gasteiger partial charge in [0, 0.05) is 37.9 Å². The second-order valence-corrected chi connectivity index (χ2v) is 4.34. The minimum atomic E-state index is -0.0511. The Hall–Kier alpha value is -1.36. The summed E-state index contributed by atoms with van der Waals surface area (Å²) in [5.41, 5.74) is 0.812. The number of nitrogens with zero attached hydrogens (tertiary/aromatic N) is 3. The molecule has 1 aromatic heterocycles. The Balaban J connectivity index is 2.12. The third kappa shape index (κ3) is 2.85. The molecule has 2 rings (SSSR count). The summed E-state index contributed by atoms with van der Waals surface area (Å²) in [4.78, 5) is 23.4. The van der Waals surface area contributed by atoms with Gasteiger partial charge in [0.1, 0.15) is 0 Å². The summed E-state index contributed by atoms with van der Waals surface area (Å²) < 4.78 is 0. The Morgan fingerprint density at radius 3 is 2.59 bits per heavy atom. The highest BCUT2D eigenvalue weighted by Gasteiger charge is 2.17. The van der Waals surface area contributed by atoms with Gasteiger partial charge in [0.25, 0.3) is 5.56 Å². The average molecular weight is 236 g/mol. The first-order valence-electron chi connectivity index (χ1n) is 6.30. The van der Waals surface area contributed by atoms with Crippen molar-refractivity contribution in [1.82, 2.24) is 14.9 Å². The zero-order chi connectivity index (χ0) is 12.3. The molecule has 2 heterocycles. The van der Waals surface area contributed by atoms with Gasteiger partial charge >= 0.3 is 0 Å². The van der Waals surface area contributed by atoms with Crippen molar-refractivity contribution in [2.24, 2.45) is 0 Å². The summed E-state index contributed by atoms with van der Waals surface area (Å²) in [5.74, 6) is 0.727. The molecule has 1 aromatic rings. The van der Waals surface area contributed by atoms with E-state index in [9.17, 15) is 4.79 Å². The molecule has 1 fully saturated rings. The van der Waals surface area contributed by atoms with Gasteiger partial charge in [-0.3, -0.25) is 9.78 Å². The van der Waals surface area contributed by atoms with Crippen LogP contribution in [0.25, 0.3) is 0 Å². The van der Waals surface area contributed by atoms with Crippen LogP contribution in [0.3, 0.4) is 0 Å². The molecule has 0 aliphatic carbocycles. The summed E-state index contributed by atoms with van der Waals surface area (Å²) >= 11 is 0. The Kier molecular flexibility index (Phi) is 3.78. The summed E-state index contributed by atoms with van der Waals surface area (Å²) in [5, 5.41) is 0. The van der Waals surface area contributed by atoms with Crippen LogP contribution in [0, 0.1) is 0 Å². The third-order valence-electron chi connectivity index (χ3n) is 3.26. The number of nitrogens with one attached hydrogen (secondary N) is 1. The molecule has 17 heavy (non-hydrogen) atoms. The van der Waals surface area contributed by atoms with Gasteiger partial charge in [-0.05, 0) is 13.0 Å². The molecular weight excluding hydrogens is 216 g/mol. The van der Waals surface area contributed by atoms with E-state index in [0.29, 0.717) is 0 Å². The predicted octanol–water partition coefficient (Wildman–Crippen LogP) is 0.474. The molecule has 1 saturated heterocycles. The topological polar surface area (TPSA) is 52.2 Å². The van der Waals surface area contributed by atoms with Crippen LogP contribution in [0.2, 0.25) is 0 Å². The molecule has 0 unspecified atom stereocenters. The largest absolute Gasteiger partial charge is 0.340 e. The SMILES string of the molecule is CCc1cc(=O)[nH]c(N2CCN(CC)CC2)n1. The van der Waals surface area contributed by atoms with E-state index in [1.165, 1.54) is 0 Å². The Bertz CT molecular complexity index is 421. The van der Waals surface area contributed by atoms with E-state index in [-0.39, 0.29) is 5.56 Å². The van der Waals surface area contributed by atoms with E-state index in [2.05, 4.69) is 26.7 Å². The number of likely N-dealkylation sites (N-methyl/N-ethyl adjacent to an activating group) is 1. The van der Waals surface area contributed by atoms with Crippen LogP contribution in [-0.2, 0) is 6.42 Å². The van der Waals surface area contributed by atoms with Crippen molar-refractivity contribution in [2.45, 2.75) is 20.3 Å². The first kappa shape index (κ1) is 12.1. The lowest BCUT2D eigenvalue weighted by Crippen LogP contribution is -2.47. The fourth-order valence-electron chi connectivity index (χ4n) is 2.10. The molecule has 94 valence electrons. The fourth-order valence-corrected chi connectivity index (χ4v) is 2.10. The van der Waals surface area contributed by atoms with Gasteiger partial charge in [-0.2, -0.15) is 0 Å². The van der Waals surface area contributed by atoms with Crippen molar-refractivity contribution in [3.8, 4) is 0 Å². The van der Waals surface area contributed by atoms with Crippen molar-refractivity contribution in [3.05, 3.63) is 22.1 Å². The Morgan fingerprint density at radius 1 is 1.29 bits per heavy atom. The number of aryl methyl sites for hydroxylation is 1. The number of piperazine rings is 1. The highest BCUT2D eigenvalue weighted by molar-refractivity contribution is 5.31. The lowest BCUT2D eigenvalue weighted by atomic mass is 10.3. The van der Waals surface area contributed by atoms with Gasteiger partial charge in [-0.1, -0.05) is 13.8 Å². The van der Waals surface area contributed by atoms with Crippen LogP contribution in [0.4, 0.5) is 5.95 Å². The number of hydrogen-bond donors (Lipinski definition) is 1. The van der Waals surface area contributed by atoms with Crippen LogP contribution in [-0.4, -0.2) is 47.6 Å². The lowest BCUT2D eigenvalue weighted by molar-refractivity contribution is 0.269. The van der Waals surface area contributed by atoms with Crippen LogP contribution in [0.5, 0.6) is 0 Å². The zero-order valence-corrected chi connectivity index (χ0v) is 10.6. The highest BCUT2D eigenvalue weighted by Crippen LogP contribution is 2.09. The van der Waals surface area contributed by atoms with E-state index in [1.54, 1.807) is 6.07 Å². The maximum atomic E-state index is 11.5. The molecule has 0 aromatic carbocycles. The molecular formula is C12H20N4O. The van der Waals surface area contributed by atoms with Gasteiger partial charge < -0.3 is 9.80 Å².